The molecule has 17 nitrogen and oxygen atoms in total. The van der Waals surface area contributed by atoms with Crippen LogP contribution in [0.5, 0.6) is 0 Å². The summed E-state index contributed by atoms with van der Waals surface area (Å²) in [5.74, 6) is 0.804. The third-order valence-corrected chi connectivity index (χ3v) is 17.7. The largest absolute Gasteiger partial charge is 0.472 e. The fourth-order valence-corrected chi connectivity index (χ4v) is 11.9. The van der Waals surface area contributed by atoms with Crippen LogP contribution in [-0.2, 0) is 65.4 Å². The van der Waals surface area contributed by atoms with Gasteiger partial charge >= 0.3 is 39.5 Å². The SMILES string of the molecule is CC(C)CCCCCCCCCCCCCC(=O)OC[C@H](COP(=O)(O)OCC(O)COP(=O)(O)OC[C@@H](COC(=O)CCCCCCCCCC(C)C)OC(=O)CCCCCCCCCCCCCC(C)C)OC(=O)CCCCCCCCCC(C)C. The minimum Gasteiger partial charge on any atom is -0.462 e. The Kier molecular flexibility index (Phi) is 57.6. The topological polar surface area (TPSA) is 237 Å². The summed E-state index contributed by atoms with van der Waals surface area (Å²) in [6.45, 7) is 14.0. The molecule has 5 atom stereocenters. The number of carbonyl (C=O) groups excluding carboxylic acids is 4. The molecule has 3 unspecified atom stereocenters. The highest BCUT2D eigenvalue weighted by Gasteiger charge is 2.30. The van der Waals surface area contributed by atoms with Crippen molar-refractivity contribution in [3.05, 3.63) is 0 Å². The monoisotopic (exact) mass is 1300 g/mol. The fraction of sp³-hybridized carbons (Fsp3) is 0.942. The first-order chi connectivity index (χ1) is 42.1. The van der Waals surface area contributed by atoms with Gasteiger partial charge in [0.05, 0.1) is 26.4 Å². The number of rotatable bonds is 66. The van der Waals surface area contributed by atoms with Crippen molar-refractivity contribution < 1.29 is 80.2 Å². The molecule has 0 aromatic heterocycles. The zero-order valence-electron chi connectivity index (χ0n) is 57.3. The maximum Gasteiger partial charge on any atom is 0.472 e. The lowest BCUT2D eigenvalue weighted by Gasteiger charge is -2.21. The highest BCUT2D eigenvalue weighted by atomic mass is 31.2. The van der Waals surface area contributed by atoms with Crippen molar-refractivity contribution in [2.24, 2.45) is 23.7 Å². The van der Waals surface area contributed by atoms with Crippen molar-refractivity contribution in [1.82, 2.24) is 0 Å². The van der Waals surface area contributed by atoms with Crippen LogP contribution in [-0.4, -0.2) is 96.7 Å². The lowest BCUT2D eigenvalue weighted by molar-refractivity contribution is -0.161. The standard InChI is InChI=1S/C69H134O17P2/c1-59(2)45-37-29-21-15-11-9-13-17-25-33-41-49-66(71)79-55-65(86-69(74)52-44-36-28-20-24-32-40-48-62(7)8)58-84-88(77,78)82-54-63(70)53-81-87(75,76)83-57-64(56-80-67(72)50-42-34-27-19-23-31-39-47-61(5)6)85-68(73)51-43-35-26-18-14-10-12-16-22-30-38-46-60(3)4/h59-65,70H,9-58H2,1-8H3,(H,75,76)(H,77,78)/t63?,64-,65-/m1/s1. The minimum atomic E-state index is -4.95. The van der Waals surface area contributed by atoms with Gasteiger partial charge in [0.25, 0.3) is 0 Å². The van der Waals surface area contributed by atoms with Crippen LogP contribution >= 0.6 is 15.6 Å². The van der Waals surface area contributed by atoms with Gasteiger partial charge in [0, 0.05) is 25.7 Å². The minimum absolute atomic E-state index is 0.103. The van der Waals surface area contributed by atoms with Crippen LogP contribution in [0.1, 0.15) is 338 Å². The molecule has 0 bridgehead atoms. The van der Waals surface area contributed by atoms with Crippen molar-refractivity contribution in [3.8, 4) is 0 Å². The summed E-state index contributed by atoms with van der Waals surface area (Å²) in [7, 11) is -9.90. The van der Waals surface area contributed by atoms with E-state index in [0.717, 1.165) is 108 Å². The molecule has 0 aromatic carbocycles. The number of phosphoric ester groups is 2. The first kappa shape index (κ1) is 86.1. The lowest BCUT2D eigenvalue weighted by atomic mass is 10.0. The number of aliphatic hydroxyl groups is 1. The van der Waals surface area contributed by atoms with Gasteiger partial charge in [-0.3, -0.25) is 37.3 Å². The van der Waals surface area contributed by atoms with Crippen LogP contribution in [0.3, 0.4) is 0 Å². The van der Waals surface area contributed by atoms with Crippen molar-refractivity contribution >= 4 is 39.5 Å². The summed E-state index contributed by atoms with van der Waals surface area (Å²) < 4.78 is 68.2. The molecule has 0 amide bonds. The van der Waals surface area contributed by atoms with E-state index in [4.69, 9.17) is 37.0 Å². The summed E-state index contributed by atoms with van der Waals surface area (Å²) in [5.41, 5.74) is 0. The van der Waals surface area contributed by atoms with Crippen LogP contribution in [0.4, 0.5) is 0 Å². The van der Waals surface area contributed by atoms with Gasteiger partial charge in [-0.15, -0.1) is 0 Å². The van der Waals surface area contributed by atoms with Crippen LogP contribution in [0.15, 0.2) is 0 Å². The molecule has 0 aromatic rings. The number of hydrogen-bond donors (Lipinski definition) is 3. The number of phosphoric acid groups is 2. The molecule has 0 saturated heterocycles. The number of hydrogen-bond acceptors (Lipinski definition) is 15. The number of unbranched alkanes of at least 4 members (excludes halogenated alkanes) is 32. The van der Waals surface area contributed by atoms with Crippen LogP contribution in [0, 0.1) is 23.7 Å². The Morgan fingerprint density at radius 3 is 0.705 bits per heavy atom. The summed E-state index contributed by atoms with van der Waals surface area (Å²) in [6.07, 6.45) is 40.5. The number of carbonyl (C=O) groups is 4. The Morgan fingerprint density at radius 1 is 0.284 bits per heavy atom. The van der Waals surface area contributed by atoms with Crippen molar-refractivity contribution in [3.63, 3.8) is 0 Å². The molecule has 0 aliphatic carbocycles. The van der Waals surface area contributed by atoms with Gasteiger partial charge in [0.2, 0.25) is 0 Å². The van der Waals surface area contributed by atoms with Gasteiger partial charge in [0.15, 0.2) is 12.2 Å². The Bertz CT molecular complexity index is 1750. The second-order valence-corrected chi connectivity index (χ2v) is 29.7. The Morgan fingerprint density at radius 2 is 0.477 bits per heavy atom. The highest BCUT2D eigenvalue weighted by Crippen LogP contribution is 2.45. The third-order valence-electron chi connectivity index (χ3n) is 15.8. The molecule has 0 saturated carbocycles. The molecule has 0 aliphatic heterocycles. The Labute approximate surface area is 537 Å². The normalized spacial score (nSPS) is 14.3. The van der Waals surface area contributed by atoms with Gasteiger partial charge < -0.3 is 33.8 Å². The molecule has 88 heavy (non-hydrogen) atoms. The molecule has 522 valence electrons. The average Bonchev–Trinajstić information content (AvgIpc) is 3.54. The molecule has 3 N–H and O–H groups in total. The van der Waals surface area contributed by atoms with E-state index in [1.54, 1.807) is 0 Å². The quantitative estimate of drug-likeness (QED) is 0.0222. The zero-order chi connectivity index (χ0) is 65.4. The predicted molar refractivity (Wildman–Crippen MR) is 354 cm³/mol. The van der Waals surface area contributed by atoms with E-state index in [1.807, 2.05) is 0 Å². The second-order valence-electron chi connectivity index (χ2n) is 26.8. The smallest absolute Gasteiger partial charge is 0.462 e. The van der Waals surface area contributed by atoms with E-state index in [9.17, 15) is 43.2 Å². The molecular formula is C69H134O17P2. The van der Waals surface area contributed by atoms with Gasteiger partial charge in [0.1, 0.15) is 19.3 Å². The lowest BCUT2D eigenvalue weighted by Crippen LogP contribution is -2.30. The maximum absolute atomic E-state index is 13.0. The van der Waals surface area contributed by atoms with Crippen molar-refractivity contribution in [1.29, 1.82) is 0 Å². The molecular weight excluding hydrogens is 1160 g/mol. The van der Waals surface area contributed by atoms with Crippen LogP contribution in [0.2, 0.25) is 0 Å². The van der Waals surface area contributed by atoms with E-state index in [-0.39, 0.29) is 25.7 Å². The van der Waals surface area contributed by atoms with E-state index < -0.39 is 97.5 Å². The van der Waals surface area contributed by atoms with Gasteiger partial charge in [-0.25, -0.2) is 9.13 Å². The first-order valence-electron chi connectivity index (χ1n) is 35.7. The number of aliphatic hydroxyl groups excluding tert-OH is 1. The van der Waals surface area contributed by atoms with Gasteiger partial charge in [-0.05, 0) is 49.4 Å². The molecule has 19 heteroatoms. The molecule has 0 aliphatic rings. The first-order valence-corrected chi connectivity index (χ1v) is 38.7. The van der Waals surface area contributed by atoms with Crippen molar-refractivity contribution in [2.75, 3.05) is 39.6 Å². The highest BCUT2D eigenvalue weighted by molar-refractivity contribution is 7.47. The molecule has 0 fully saturated rings. The average molecular weight is 1300 g/mol. The van der Waals surface area contributed by atoms with E-state index in [1.165, 1.54) is 135 Å². The summed E-state index contributed by atoms with van der Waals surface area (Å²) in [6, 6.07) is 0. The van der Waals surface area contributed by atoms with Gasteiger partial charge in [-0.2, -0.15) is 0 Å². The maximum atomic E-state index is 13.0. The predicted octanol–water partition coefficient (Wildman–Crippen LogP) is 19.3. The number of ether oxygens (including phenoxy) is 4. The van der Waals surface area contributed by atoms with Crippen LogP contribution in [0.25, 0.3) is 0 Å². The molecule has 0 spiro atoms. The summed E-state index contributed by atoms with van der Waals surface area (Å²) >= 11 is 0. The Hall–Kier alpha value is -1.94. The van der Waals surface area contributed by atoms with Gasteiger partial charge in [-0.1, -0.05) is 287 Å². The van der Waals surface area contributed by atoms with Crippen molar-refractivity contribution in [2.45, 2.75) is 356 Å². The molecule has 0 heterocycles. The summed E-state index contributed by atoms with van der Waals surface area (Å²) in [4.78, 5) is 72.5. The van der Waals surface area contributed by atoms with E-state index in [2.05, 4.69) is 55.4 Å². The summed E-state index contributed by atoms with van der Waals surface area (Å²) in [5, 5.41) is 10.6. The van der Waals surface area contributed by atoms with E-state index >= 15 is 0 Å². The Balaban J connectivity index is 5.24. The van der Waals surface area contributed by atoms with Crippen LogP contribution < -0.4 is 0 Å². The van der Waals surface area contributed by atoms with E-state index in [0.29, 0.717) is 37.5 Å². The second kappa shape index (κ2) is 58.8. The zero-order valence-corrected chi connectivity index (χ0v) is 59.1. The number of esters is 4. The molecule has 0 radical (unpaired) electrons. The fourth-order valence-electron chi connectivity index (χ4n) is 10.3. The third kappa shape index (κ3) is 62.8. The molecule has 0 rings (SSSR count).